The smallest absolute Gasteiger partial charge is 0.261 e. The molecule has 3 rings (SSSR count). The van der Waals surface area contributed by atoms with E-state index in [4.69, 9.17) is 4.74 Å². The summed E-state index contributed by atoms with van der Waals surface area (Å²) < 4.78 is 33.3. The molecule has 1 atom stereocenters. The molecule has 0 saturated carbocycles. The summed E-state index contributed by atoms with van der Waals surface area (Å²) in [6.07, 6.45) is 1.97. The third-order valence-electron chi connectivity index (χ3n) is 5.58. The number of amides is 2. The first kappa shape index (κ1) is 25.9. The molecule has 35 heavy (non-hydrogen) atoms. The summed E-state index contributed by atoms with van der Waals surface area (Å²) in [4.78, 5) is 28.0. The van der Waals surface area contributed by atoms with E-state index in [-0.39, 0.29) is 25.5 Å². The molecule has 0 bridgehead atoms. The van der Waals surface area contributed by atoms with Crippen LogP contribution in [0.4, 0.5) is 8.78 Å². The third-order valence-corrected chi connectivity index (χ3v) is 5.58. The summed E-state index contributed by atoms with van der Waals surface area (Å²) in [5.74, 6) is -1.36. The Morgan fingerprint density at radius 3 is 2.31 bits per heavy atom. The molecule has 184 valence electrons. The molecule has 5 nitrogen and oxygen atoms in total. The Kier molecular flexibility index (Phi) is 9.78. The quantitative estimate of drug-likeness (QED) is 0.375. The Balaban J connectivity index is 1.88. The minimum atomic E-state index is -0.877. The number of rotatable bonds is 12. The molecule has 1 N–H and O–H groups in total. The van der Waals surface area contributed by atoms with Gasteiger partial charge in [-0.1, -0.05) is 61.9 Å². The molecule has 0 aliphatic carbocycles. The number of nitrogens with zero attached hydrogens (tertiary/aromatic N) is 1. The summed E-state index contributed by atoms with van der Waals surface area (Å²) in [6.45, 7) is 2.02. The first-order valence-corrected chi connectivity index (χ1v) is 11.7. The largest absolute Gasteiger partial charge is 0.484 e. The van der Waals surface area contributed by atoms with Crippen LogP contribution < -0.4 is 10.1 Å². The normalized spacial score (nSPS) is 11.5. The second-order valence-electron chi connectivity index (χ2n) is 8.21. The van der Waals surface area contributed by atoms with Crippen molar-refractivity contribution in [2.75, 3.05) is 13.2 Å². The monoisotopic (exact) mass is 480 g/mol. The van der Waals surface area contributed by atoms with Gasteiger partial charge >= 0.3 is 0 Å². The van der Waals surface area contributed by atoms with Gasteiger partial charge in [-0.25, -0.2) is 8.78 Å². The average molecular weight is 481 g/mol. The summed E-state index contributed by atoms with van der Waals surface area (Å²) in [5, 5.41) is 2.91. The number of unbranched alkanes of at least 4 members (excludes halogenated alkanes) is 1. The Morgan fingerprint density at radius 1 is 0.943 bits per heavy atom. The fourth-order valence-electron chi connectivity index (χ4n) is 3.63. The van der Waals surface area contributed by atoms with Gasteiger partial charge in [-0.3, -0.25) is 9.59 Å². The molecule has 2 amide bonds. The molecular formula is C28H30F2N2O3. The van der Waals surface area contributed by atoms with Gasteiger partial charge in [0.1, 0.15) is 23.4 Å². The van der Waals surface area contributed by atoms with Crippen molar-refractivity contribution in [1.82, 2.24) is 10.2 Å². The van der Waals surface area contributed by atoms with Crippen LogP contribution in [-0.4, -0.2) is 35.9 Å². The Hall–Kier alpha value is -3.74. The summed E-state index contributed by atoms with van der Waals surface area (Å²) in [7, 11) is 0. The zero-order valence-corrected chi connectivity index (χ0v) is 19.8. The van der Waals surface area contributed by atoms with Crippen LogP contribution in [0.5, 0.6) is 5.75 Å². The highest BCUT2D eigenvalue weighted by Gasteiger charge is 2.31. The van der Waals surface area contributed by atoms with Crippen LogP contribution in [0.25, 0.3) is 0 Å². The van der Waals surface area contributed by atoms with E-state index in [0.717, 1.165) is 18.4 Å². The van der Waals surface area contributed by atoms with Crippen molar-refractivity contribution in [3.05, 3.63) is 102 Å². The molecule has 0 aliphatic rings. The van der Waals surface area contributed by atoms with Crippen molar-refractivity contribution in [3.63, 3.8) is 0 Å². The van der Waals surface area contributed by atoms with Crippen LogP contribution in [0.3, 0.4) is 0 Å². The summed E-state index contributed by atoms with van der Waals surface area (Å²) in [5.41, 5.74) is 1.16. The van der Waals surface area contributed by atoms with Crippen molar-refractivity contribution in [2.24, 2.45) is 0 Å². The lowest BCUT2D eigenvalue weighted by atomic mass is 10.0. The van der Waals surface area contributed by atoms with Gasteiger partial charge in [-0.05, 0) is 42.3 Å². The van der Waals surface area contributed by atoms with Crippen LogP contribution in [0.2, 0.25) is 0 Å². The second kappa shape index (κ2) is 13.2. The van der Waals surface area contributed by atoms with E-state index in [0.29, 0.717) is 17.9 Å². The maximum atomic E-state index is 14.5. The minimum absolute atomic E-state index is 0.100. The van der Waals surface area contributed by atoms with Gasteiger partial charge in [0, 0.05) is 25.1 Å². The third kappa shape index (κ3) is 7.91. The standard InChI is InChI=1S/C28H30F2N2O3/c1-2-3-17-31-28(34)26(18-21-9-5-4-6-10-21)32(19-22-11-7-8-12-25(22)30)27(33)20-35-24-15-13-23(29)14-16-24/h4-16,26H,2-3,17-20H2,1H3,(H,31,34). The number of benzene rings is 3. The van der Waals surface area contributed by atoms with E-state index in [9.17, 15) is 18.4 Å². The van der Waals surface area contributed by atoms with Gasteiger partial charge in [0.2, 0.25) is 5.91 Å². The molecule has 0 saturated heterocycles. The van der Waals surface area contributed by atoms with E-state index in [2.05, 4.69) is 5.32 Å². The van der Waals surface area contributed by atoms with Crippen LogP contribution >= 0.6 is 0 Å². The fraction of sp³-hybridized carbons (Fsp3) is 0.286. The van der Waals surface area contributed by atoms with Crippen molar-refractivity contribution in [1.29, 1.82) is 0 Å². The molecule has 0 aromatic heterocycles. The highest BCUT2D eigenvalue weighted by Crippen LogP contribution is 2.18. The topological polar surface area (TPSA) is 58.6 Å². The van der Waals surface area contributed by atoms with E-state index >= 15 is 0 Å². The van der Waals surface area contributed by atoms with Gasteiger partial charge in [0.25, 0.3) is 5.91 Å². The zero-order chi connectivity index (χ0) is 25.0. The highest BCUT2D eigenvalue weighted by molar-refractivity contribution is 5.88. The van der Waals surface area contributed by atoms with Crippen molar-refractivity contribution in [3.8, 4) is 5.75 Å². The molecule has 3 aromatic carbocycles. The van der Waals surface area contributed by atoms with Crippen molar-refractivity contribution < 1.29 is 23.1 Å². The molecule has 0 radical (unpaired) electrons. The number of hydrogen-bond acceptors (Lipinski definition) is 3. The predicted molar refractivity (Wildman–Crippen MR) is 131 cm³/mol. The van der Waals surface area contributed by atoms with E-state index in [1.165, 1.54) is 35.2 Å². The first-order chi connectivity index (χ1) is 17.0. The predicted octanol–water partition coefficient (Wildman–Crippen LogP) is 4.90. The Labute approximate surface area is 204 Å². The zero-order valence-electron chi connectivity index (χ0n) is 19.8. The maximum Gasteiger partial charge on any atom is 0.261 e. The fourth-order valence-corrected chi connectivity index (χ4v) is 3.63. The van der Waals surface area contributed by atoms with E-state index < -0.39 is 23.6 Å². The Bertz CT molecular complexity index is 1090. The van der Waals surface area contributed by atoms with Crippen LogP contribution in [0, 0.1) is 11.6 Å². The van der Waals surface area contributed by atoms with Gasteiger partial charge in [0.05, 0.1) is 0 Å². The van der Waals surface area contributed by atoms with E-state index in [1.54, 1.807) is 18.2 Å². The van der Waals surface area contributed by atoms with Gasteiger partial charge < -0.3 is 15.0 Å². The number of carbonyl (C=O) groups is 2. The number of hydrogen-bond donors (Lipinski definition) is 1. The molecular weight excluding hydrogens is 450 g/mol. The summed E-state index contributed by atoms with van der Waals surface area (Å²) in [6, 6.07) is 20.0. The number of carbonyl (C=O) groups excluding carboxylic acids is 2. The molecule has 0 fully saturated rings. The lowest BCUT2D eigenvalue weighted by Gasteiger charge is -2.31. The van der Waals surface area contributed by atoms with Crippen LogP contribution in [0.1, 0.15) is 30.9 Å². The number of ether oxygens (including phenoxy) is 1. The maximum absolute atomic E-state index is 14.5. The second-order valence-corrected chi connectivity index (χ2v) is 8.21. The van der Waals surface area contributed by atoms with Gasteiger partial charge in [0.15, 0.2) is 6.61 Å². The Morgan fingerprint density at radius 2 is 1.63 bits per heavy atom. The molecule has 0 heterocycles. The van der Waals surface area contributed by atoms with Gasteiger partial charge in [-0.2, -0.15) is 0 Å². The van der Waals surface area contributed by atoms with Crippen molar-refractivity contribution >= 4 is 11.8 Å². The van der Waals surface area contributed by atoms with Crippen molar-refractivity contribution in [2.45, 2.75) is 38.8 Å². The molecule has 0 aliphatic heterocycles. The lowest BCUT2D eigenvalue weighted by Crippen LogP contribution is -2.52. The van der Waals surface area contributed by atoms with Gasteiger partial charge in [-0.15, -0.1) is 0 Å². The highest BCUT2D eigenvalue weighted by atomic mass is 19.1. The van der Waals surface area contributed by atoms with Crippen LogP contribution in [0.15, 0.2) is 78.9 Å². The molecule has 7 heteroatoms. The average Bonchev–Trinajstić information content (AvgIpc) is 2.87. The summed E-state index contributed by atoms with van der Waals surface area (Å²) >= 11 is 0. The first-order valence-electron chi connectivity index (χ1n) is 11.7. The van der Waals surface area contributed by atoms with Crippen LogP contribution in [-0.2, 0) is 22.6 Å². The lowest BCUT2D eigenvalue weighted by molar-refractivity contribution is -0.142. The SMILES string of the molecule is CCCCNC(=O)C(Cc1ccccc1)N(Cc1ccccc1F)C(=O)COc1ccc(F)cc1. The molecule has 3 aromatic rings. The van der Waals surface area contributed by atoms with E-state index in [1.807, 2.05) is 37.3 Å². The molecule has 0 spiro atoms. The minimum Gasteiger partial charge on any atom is -0.484 e. The number of nitrogens with one attached hydrogen (secondary N) is 1. The number of halogens is 2. The molecule has 1 unspecified atom stereocenters.